The fourth-order valence-corrected chi connectivity index (χ4v) is 4.34. The Bertz CT molecular complexity index is 1030. The highest BCUT2D eigenvalue weighted by atomic mass is 16.6. The molecule has 4 nitrogen and oxygen atoms in total. The van der Waals surface area contributed by atoms with Gasteiger partial charge in [0.2, 0.25) is 0 Å². The second-order valence-corrected chi connectivity index (χ2v) is 6.45. The third-order valence-electron chi connectivity index (χ3n) is 5.25. The molecular formula is C20H14N2O2. The molecule has 2 bridgehead atoms. The Balaban J connectivity index is 1.86. The molecule has 0 radical (unpaired) electrons. The number of anilines is 1. The van der Waals surface area contributed by atoms with Gasteiger partial charge in [0, 0.05) is 29.7 Å². The van der Waals surface area contributed by atoms with E-state index in [4.69, 9.17) is 5.73 Å². The van der Waals surface area contributed by atoms with Crippen molar-refractivity contribution in [3.05, 3.63) is 104 Å². The van der Waals surface area contributed by atoms with Crippen LogP contribution in [0.1, 0.15) is 45.2 Å². The van der Waals surface area contributed by atoms with E-state index in [0.29, 0.717) is 0 Å². The molecule has 3 aromatic carbocycles. The third kappa shape index (κ3) is 1.57. The van der Waals surface area contributed by atoms with E-state index in [1.807, 2.05) is 24.3 Å². The average molecular weight is 314 g/mol. The Labute approximate surface area is 138 Å². The maximum absolute atomic E-state index is 11.2. The van der Waals surface area contributed by atoms with E-state index in [1.54, 1.807) is 12.1 Å². The van der Waals surface area contributed by atoms with Crippen molar-refractivity contribution in [2.75, 3.05) is 5.73 Å². The first-order valence-electron chi connectivity index (χ1n) is 7.91. The van der Waals surface area contributed by atoms with E-state index < -0.39 is 0 Å². The summed E-state index contributed by atoms with van der Waals surface area (Å²) in [5.74, 6) is 0.136. The molecule has 3 aliphatic rings. The van der Waals surface area contributed by atoms with Gasteiger partial charge in [0.1, 0.15) is 0 Å². The van der Waals surface area contributed by atoms with Crippen molar-refractivity contribution < 1.29 is 4.92 Å². The van der Waals surface area contributed by atoms with E-state index in [-0.39, 0.29) is 22.4 Å². The van der Waals surface area contributed by atoms with E-state index in [1.165, 1.54) is 22.3 Å². The molecule has 2 N–H and O–H groups in total. The lowest BCUT2D eigenvalue weighted by molar-refractivity contribution is -0.384. The number of hydrogen-bond acceptors (Lipinski definition) is 3. The molecule has 4 heteroatoms. The van der Waals surface area contributed by atoms with Crippen LogP contribution in [-0.2, 0) is 0 Å². The molecule has 0 aromatic heterocycles. The van der Waals surface area contributed by atoms with E-state index in [9.17, 15) is 10.1 Å². The Kier molecular flexibility index (Phi) is 2.47. The van der Waals surface area contributed by atoms with Crippen molar-refractivity contribution in [2.24, 2.45) is 0 Å². The number of rotatable bonds is 1. The highest BCUT2D eigenvalue weighted by Gasteiger charge is 2.41. The van der Waals surface area contributed by atoms with Gasteiger partial charge in [-0.2, -0.15) is 0 Å². The summed E-state index contributed by atoms with van der Waals surface area (Å²) in [5, 5.41) is 11.2. The van der Waals surface area contributed by atoms with Crippen molar-refractivity contribution in [3.63, 3.8) is 0 Å². The molecule has 0 aliphatic heterocycles. The molecule has 0 fully saturated rings. The minimum atomic E-state index is -0.321. The number of non-ortho nitro benzene ring substituents is 1. The molecule has 2 atom stereocenters. The number of benzene rings is 3. The van der Waals surface area contributed by atoms with Crippen LogP contribution < -0.4 is 5.73 Å². The third-order valence-corrected chi connectivity index (χ3v) is 5.25. The van der Waals surface area contributed by atoms with Crippen LogP contribution in [0.15, 0.2) is 60.7 Å². The molecule has 2 unspecified atom stereocenters. The second kappa shape index (κ2) is 4.45. The van der Waals surface area contributed by atoms with Crippen LogP contribution in [0.2, 0.25) is 0 Å². The number of hydrogen-bond donors (Lipinski definition) is 1. The lowest BCUT2D eigenvalue weighted by Gasteiger charge is -2.42. The van der Waals surface area contributed by atoms with E-state index >= 15 is 0 Å². The van der Waals surface area contributed by atoms with Gasteiger partial charge in [0.25, 0.3) is 5.69 Å². The smallest absolute Gasteiger partial charge is 0.269 e. The molecule has 116 valence electrons. The summed E-state index contributed by atoms with van der Waals surface area (Å²) in [4.78, 5) is 10.9. The Morgan fingerprint density at radius 1 is 0.750 bits per heavy atom. The molecule has 0 heterocycles. The number of nitrogens with zero attached hydrogens (tertiary/aromatic N) is 1. The van der Waals surface area contributed by atoms with Crippen molar-refractivity contribution in [2.45, 2.75) is 11.8 Å². The molecule has 3 aliphatic carbocycles. The van der Waals surface area contributed by atoms with Crippen LogP contribution in [0, 0.1) is 10.1 Å². The molecule has 0 amide bonds. The molecule has 0 spiro atoms. The minimum absolute atomic E-state index is 0.0386. The largest absolute Gasteiger partial charge is 0.399 e. The molecule has 24 heavy (non-hydrogen) atoms. The maximum Gasteiger partial charge on any atom is 0.269 e. The topological polar surface area (TPSA) is 69.2 Å². The maximum atomic E-state index is 11.2. The molecule has 0 saturated heterocycles. The van der Waals surface area contributed by atoms with Crippen LogP contribution in [-0.4, -0.2) is 4.92 Å². The summed E-state index contributed by atoms with van der Waals surface area (Å²) in [6, 6.07) is 19.7. The lowest BCUT2D eigenvalue weighted by atomic mass is 9.61. The van der Waals surface area contributed by atoms with E-state index in [2.05, 4.69) is 24.3 Å². The first-order valence-corrected chi connectivity index (χ1v) is 7.91. The average Bonchev–Trinajstić information content (AvgIpc) is 2.60. The SMILES string of the molecule is Nc1ccc2c(c1)C1c3ccccc3C2c2cc([N+](=O)[O-])ccc21. The highest BCUT2D eigenvalue weighted by Crippen LogP contribution is 2.56. The summed E-state index contributed by atoms with van der Waals surface area (Å²) in [6.45, 7) is 0. The van der Waals surface area contributed by atoms with Crippen LogP contribution in [0.5, 0.6) is 0 Å². The summed E-state index contributed by atoms with van der Waals surface area (Å²) < 4.78 is 0. The van der Waals surface area contributed by atoms with Crippen molar-refractivity contribution in [1.29, 1.82) is 0 Å². The summed E-state index contributed by atoms with van der Waals surface area (Å²) in [7, 11) is 0. The predicted molar refractivity (Wildman–Crippen MR) is 92.3 cm³/mol. The van der Waals surface area contributed by atoms with E-state index in [0.717, 1.165) is 16.8 Å². The van der Waals surface area contributed by atoms with Gasteiger partial charge in [-0.25, -0.2) is 0 Å². The Morgan fingerprint density at radius 3 is 1.92 bits per heavy atom. The van der Waals surface area contributed by atoms with Gasteiger partial charge in [-0.05, 0) is 45.5 Å². The van der Waals surface area contributed by atoms with Gasteiger partial charge in [-0.3, -0.25) is 10.1 Å². The van der Waals surface area contributed by atoms with Gasteiger partial charge in [-0.1, -0.05) is 36.4 Å². The summed E-state index contributed by atoms with van der Waals surface area (Å²) in [5.41, 5.74) is 14.1. The van der Waals surface area contributed by atoms with Crippen molar-refractivity contribution in [3.8, 4) is 0 Å². The summed E-state index contributed by atoms with van der Waals surface area (Å²) >= 11 is 0. The van der Waals surface area contributed by atoms with Crippen LogP contribution in [0.4, 0.5) is 11.4 Å². The van der Waals surface area contributed by atoms with Crippen molar-refractivity contribution >= 4 is 11.4 Å². The van der Waals surface area contributed by atoms with Gasteiger partial charge in [-0.15, -0.1) is 0 Å². The first-order chi connectivity index (χ1) is 11.6. The minimum Gasteiger partial charge on any atom is -0.399 e. The van der Waals surface area contributed by atoms with Crippen molar-refractivity contribution in [1.82, 2.24) is 0 Å². The zero-order valence-electron chi connectivity index (χ0n) is 12.8. The first kappa shape index (κ1) is 13.3. The number of nitrogens with two attached hydrogens (primary N) is 1. The number of nitro groups is 1. The van der Waals surface area contributed by atoms with Crippen LogP contribution in [0.25, 0.3) is 0 Å². The number of nitro benzene ring substituents is 1. The van der Waals surface area contributed by atoms with Gasteiger partial charge in [0.15, 0.2) is 0 Å². The van der Waals surface area contributed by atoms with Gasteiger partial charge >= 0.3 is 0 Å². The highest BCUT2D eigenvalue weighted by molar-refractivity contribution is 5.70. The van der Waals surface area contributed by atoms with Gasteiger partial charge < -0.3 is 5.73 Å². The van der Waals surface area contributed by atoms with Crippen LogP contribution in [0.3, 0.4) is 0 Å². The Morgan fingerprint density at radius 2 is 1.29 bits per heavy atom. The number of nitrogen functional groups attached to an aromatic ring is 1. The monoisotopic (exact) mass is 314 g/mol. The summed E-state index contributed by atoms with van der Waals surface area (Å²) in [6.07, 6.45) is 0. The predicted octanol–water partition coefficient (Wildman–Crippen LogP) is 4.16. The molecule has 0 saturated carbocycles. The second-order valence-electron chi connectivity index (χ2n) is 6.45. The zero-order chi connectivity index (χ0) is 16.4. The Hall–Kier alpha value is -3.14. The zero-order valence-corrected chi connectivity index (χ0v) is 12.8. The molecule has 3 aromatic rings. The quantitative estimate of drug-likeness (QED) is 0.287. The molecule has 6 rings (SSSR count). The fourth-order valence-electron chi connectivity index (χ4n) is 4.34. The lowest BCUT2D eigenvalue weighted by Crippen LogP contribution is -2.27. The fraction of sp³-hybridized carbons (Fsp3) is 0.100. The van der Waals surface area contributed by atoms with Crippen LogP contribution >= 0.6 is 0 Å². The normalized spacial score (nSPS) is 19.3. The standard InChI is InChI=1S/C20H14N2O2/c21-11-5-7-15-17(9-11)19-13-3-1-2-4-14(13)20(15)18-10-12(22(23)24)6-8-16(18)19/h1-10,19-20H,21H2. The van der Waals surface area contributed by atoms with Gasteiger partial charge in [0.05, 0.1) is 4.92 Å². The molecular weight excluding hydrogens is 300 g/mol.